The van der Waals surface area contributed by atoms with Crippen molar-refractivity contribution in [2.24, 2.45) is 7.05 Å². The molecule has 100 valence electrons. The number of aryl methyl sites for hydroxylation is 2. The van der Waals surface area contributed by atoms with E-state index in [0.717, 1.165) is 16.9 Å². The number of benzene rings is 1. The molecule has 0 atom stereocenters. The number of nitriles is 1. The van der Waals surface area contributed by atoms with Gasteiger partial charge in [-0.2, -0.15) is 10.4 Å². The number of imidazole rings is 1. The van der Waals surface area contributed by atoms with E-state index in [4.69, 9.17) is 11.6 Å². The molecule has 20 heavy (non-hydrogen) atoms. The molecule has 6 heteroatoms. The van der Waals surface area contributed by atoms with E-state index < -0.39 is 0 Å². The summed E-state index contributed by atoms with van der Waals surface area (Å²) in [6.45, 7) is 1.94. The second-order valence-electron chi connectivity index (χ2n) is 4.56. The molecule has 0 aliphatic rings. The Morgan fingerprint density at radius 3 is 2.80 bits per heavy atom. The van der Waals surface area contributed by atoms with Crippen molar-refractivity contribution < 1.29 is 0 Å². The fourth-order valence-corrected chi connectivity index (χ4v) is 2.58. The smallest absolute Gasteiger partial charge is 0.129 e. The Kier molecular flexibility index (Phi) is 2.96. The molecule has 3 aromatic rings. The van der Waals surface area contributed by atoms with E-state index in [1.807, 2.05) is 36.9 Å². The van der Waals surface area contributed by atoms with Crippen LogP contribution in [-0.4, -0.2) is 19.3 Å². The van der Waals surface area contributed by atoms with Gasteiger partial charge in [0.1, 0.15) is 17.4 Å². The van der Waals surface area contributed by atoms with Crippen LogP contribution in [0.1, 0.15) is 17.1 Å². The summed E-state index contributed by atoms with van der Waals surface area (Å²) in [4.78, 5) is 4.50. The van der Waals surface area contributed by atoms with Gasteiger partial charge in [-0.1, -0.05) is 6.07 Å². The van der Waals surface area contributed by atoms with Crippen LogP contribution in [0.5, 0.6) is 0 Å². The van der Waals surface area contributed by atoms with E-state index in [1.54, 1.807) is 10.7 Å². The zero-order valence-corrected chi connectivity index (χ0v) is 11.9. The normalized spacial score (nSPS) is 10.9. The van der Waals surface area contributed by atoms with Crippen molar-refractivity contribution in [1.82, 2.24) is 19.3 Å². The Bertz CT molecular complexity index is 837. The van der Waals surface area contributed by atoms with Crippen molar-refractivity contribution >= 4 is 22.6 Å². The molecule has 0 spiro atoms. The first-order valence-electron chi connectivity index (χ1n) is 6.12. The molecule has 0 saturated carbocycles. The molecule has 0 amide bonds. The molecule has 0 unspecified atom stereocenters. The van der Waals surface area contributed by atoms with Crippen LogP contribution >= 0.6 is 11.6 Å². The number of para-hydroxylation sites is 1. The molecule has 0 saturated heterocycles. The summed E-state index contributed by atoms with van der Waals surface area (Å²) in [6, 6.07) is 7.71. The van der Waals surface area contributed by atoms with E-state index in [1.165, 1.54) is 0 Å². The highest BCUT2D eigenvalue weighted by molar-refractivity contribution is 6.17. The van der Waals surface area contributed by atoms with Crippen LogP contribution in [0.25, 0.3) is 16.7 Å². The summed E-state index contributed by atoms with van der Waals surface area (Å²) < 4.78 is 3.72. The van der Waals surface area contributed by atoms with Gasteiger partial charge in [-0.3, -0.25) is 9.25 Å². The third-order valence-electron chi connectivity index (χ3n) is 3.22. The molecule has 2 heterocycles. The minimum Gasteiger partial charge on any atom is -0.292 e. The van der Waals surface area contributed by atoms with Gasteiger partial charge < -0.3 is 0 Å². The second-order valence-corrected chi connectivity index (χ2v) is 4.82. The van der Waals surface area contributed by atoms with E-state index >= 15 is 0 Å². The first-order valence-corrected chi connectivity index (χ1v) is 6.66. The molecule has 0 aliphatic carbocycles. The van der Waals surface area contributed by atoms with Crippen LogP contribution in [-0.2, 0) is 12.9 Å². The lowest BCUT2D eigenvalue weighted by Gasteiger charge is -2.05. The van der Waals surface area contributed by atoms with Crippen molar-refractivity contribution in [2.45, 2.75) is 12.8 Å². The topological polar surface area (TPSA) is 59.4 Å². The molecule has 0 aliphatic heterocycles. The maximum absolute atomic E-state index is 9.19. The SMILES string of the molecule is Cc1nn(C)cc1-n1c(CCl)nc2c(C#N)cccc21. The van der Waals surface area contributed by atoms with Gasteiger partial charge >= 0.3 is 0 Å². The molecular weight excluding hydrogens is 274 g/mol. The summed E-state index contributed by atoms with van der Waals surface area (Å²) in [6.07, 6.45) is 1.92. The average Bonchev–Trinajstić information content (AvgIpc) is 2.97. The highest BCUT2D eigenvalue weighted by Gasteiger charge is 2.17. The fourth-order valence-electron chi connectivity index (χ4n) is 2.40. The number of fused-ring (bicyclic) bond motifs is 1. The van der Waals surface area contributed by atoms with Crippen LogP contribution in [0.15, 0.2) is 24.4 Å². The van der Waals surface area contributed by atoms with Crippen molar-refractivity contribution in [2.75, 3.05) is 0 Å². The standard InChI is InChI=1S/C14H12ClN5/c1-9-12(8-19(2)18-9)20-11-5-3-4-10(7-16)14(11)17-13(20)6-15/h3-5,8H,6H2,1-2H3. The quantitative estimate of drug-likeness (QED) is 0.680. The maximum Gasteiger partial charge on any atom is 0.129 e. The van der Waals surface area contributed by atoms with E-state index in [-0.39, 0.29) is 5.88 Å². The van der Waals surface area contributed by atoms with Gasteiger partial charge in [-0.15, -0.1) is 11.6 Å². The predicted octanol–water partition coefficient (Wildman–Crippen LogP) is 2.68. The van der Waals surface area contributed by atoms with E-state index in [2.05, 4.69) is 16.2 Å². The van der Waals surface area contributed by atoms with Gasteiger partial charge in [-0.25, -0.2) is 4.98 Å². The van der Waals surface area contributed by atoms with Crippen molar-refractivity contribution in [3.63, 3.8) is 0 Å². The number of hydrogen-bond donors (Lipinski definition) is 0. The van der Waals surface area contributed by atoms with Gasteiger partial charge in [0, 0.05) is 13.2 Å². The molecular formula is C14H12ClN5. The lowest BCUT2D eigenvalue weighted by atomic mass is 10.2. The number of aromatic nitrogens is 4. The molecule has 3 rings (SSSR count). The Morgan fingerprint density at radius 2 is 2.20 bits per heavy atom. The summed E-state index contributed by atoms with van der Waals surface area (Å²) >= 11 is 6.01. The zero-order valence-electron chi connectivity index (χ0n) is 11.1. The third-order valence-corrected chi connectivity index (χ3v) is 3.46. The van der Waals surface area contributed by atoms with Crippen molar-refractivity contribution in [3.8, 4) is 11.8 Å². The van der Waals surface area contributed by atoms with Gasteiger partial charge in [0.2, 0.25) is 0 Å². The minimum atomic E-state index is 0.272. The second kappa shape index (κ2) is 4.66. The zero-order chi connectivity index (χ0) is 14.3. The van der Waals surface area contributed by atoms with Crippen LogP contribution in [0, 0.1) is 18.3 Å². The molecule has 0 radical (unpaired) electrons. The first-order chi connectivity index (χ1) is 9.65. The van der Waals surface area contributed by atoms with Gasteiger partial charge in [-0.05, 0) is 19.1 Å². The van der Waals surface area contributed by atoms with Crippen molar-refractivity contribution in [3.05, 3.63) is 41.5 Å². The molecule has 0 N–H and O–H groups in total. The van der Waals surface area contributed by atoms with Crippen LogP contribution in [0.4, 0.5) is 0 Å². The number of rotatable bonds is 2. The summed E-state index contributed by atoms with van der Waals surface area (Å²) in [5, 5.41) is 13.5. The first kappa shape index (κ1) is 12.7. The number of hydrogen-bond acceptors (Lipinski definition) is 3. The molecule has 0 fully saturated rings. The Morgan fingerprint density at radius 1 is 1.40 bits per heavy atom. The van der Waals surface area contributed by atoms with Gasteiger partial charge in [0.05, 0.1) is 28.3 Å². The van der Waals surface area contributed by atoms with E-state index in [0.29, 0.717) is 16.9 Å². The fraction of sp³-hybridized carbons (Fsp3) is 0.214. The maximum atomic E-state index is 9.19. The van der Waals surface area contributed by atoms with Crippen molar-refractivity contribution in [1.29, 1.82) is 5.26 Å². The molecule has 2 aromatic heterocycles. The number of alkyl halides is 1. The van der Waals surface area contributed by atoms with E-state index in [9.17, 15) is 5.26 Å². The minimum absolute atomic E-state index is 0.272. The number of halogens is 1. The molecule has 5 nitrogen and oxygen atoms in total. The Balaban J connectivity index is 2.40. The number of nitrogens with zero attached hydrogens (tertiary/aromatic N) is 5. The van der Waals surface area contributed by atoms with Gasteiger partial charge in [0.15, 0.2) is 0 Å². The highest BCUT2D eigenvalue weighted by atomic mass is 35.5. The summed E-state index contributed by atoms with van der Waals surface area (Å²) in [5.41, 5.74) is 3.92. The highest BCUT2D eigenvalue weighted by Crippen LogP contribution is 2.26. The largest absolute Gasteiger partial charge is 0.292 e. The predicted molar refractivity (Wildman–Crippen MR) is 76.8 cm³/mol. The summed E-state index contributed by atoms with van der Waals surface area (Å²) in [7, 11) is 1.87. The third kappa shape index (κ3) is 1.77. The lowest BCUT2D eigenvalue weighted by molar-refractivity contribution is 0.756. The Hall–Kier alpha value is -2.32. The average molecular weight is 286 g/mol. The van der Waals surface area contributed by atoms with Crippen LogP contribution in [0.2, 0.25) is 0 Å². The monoisotopic (exact) mass is 285 g/mol. The Labute approximate surface area is 121 Å². The lowest BCUT2D eigenvalue weighted by Crippen LogP contribution is -1.99. The van der Waals surface area contributed by atoms with Gasteiger partial charge in [0.25, 0.3) is 0 Å². The van der Waals surface area contributed by atoms with Crippen LogP contribution in [0.3, 0.4) is 0 Å². The molecule has 1 aromatic carbocycles. The summed E-state index contributed by atoms with van der Waals surface area (Å²) in [5.74, 6) is 0.980. The molecule has 0 bridgehead atoms. The van der Waals surface area contributed by atoms with Crippen LogP contribution < -0.4 is 0 Å².